The Morgan fingerprint density at radius 2 is 1.61 bits per heavy atom. The minimum Gasteiger partial charge on any atom is -0.497 e. The van der Waals surface area contributed by atoms with Crippen molar-refractivity contribution in [1.82, 2.24) is 5.32 Å². The predicted molar refractivity (Wildman–Crippen MR) is 135 cm³/mol. The molecule has 0 saturated carbocycles. The molecule has 0 amide bonds. The van der Waals surface area contributed by atoms with E-state index < -0.39 is 0 Å². The molecule has 2 aromatic rings. The van der Waals surface area contributed by atoms with Gasteiger partial charge in [-0.05, 0) is 67.0 Å². The Morgan fingerprint density at radius 1 is 0.909 bits per heavy atom. The predicted octanol–water partition coefficient (Wildman–Crippen LogP) is 5.61. The molecule has 1 atom stereocenters. The fourth-order valence-electron chi connectivity index (χ4n) is 4.37. The van der Waals surface area contributed by atoms with Crippen molar-refractivity contribution in [2.45, 2.75) is 25.3 Å². The number of allylic oxidation sites excluding steroid dienone is 1. The summed E-state index contributed by atoms with van der Waals surface area (Å²) in [6, 6.07) is 11.8. The standard InChI is InChI=1S/C26H30N2O4S/c1-29-18-10-9-16(22(14-18)31-3)13-17-7-6-8-21-24(17)27-26(33-5)28-25(21)20-12-11-19(30-2)15-23(20)32-4/h9-15,25H,6-8H2,1-5H3,(H,27,28)/b17-13+. The first kappa shape index (κ1) is 23.1. The molecule has 174 valence electrons. The molecule has 4 rings (SSSR count). The molecule has 0 spiro atoms. The van der Waals surface area contributed by atoms with E-state index in [0.29, 0.717) is 0 Å². The third-order valence-corrected chi connectivity index (χ3v) is 6.64. The second-order valence-electron chi connectivity index (χ2n) is 7.81. The zero-order valence-electron chi connectivity index (χ0n) is 19.7. The number of amidine groups is 1. The summed E-state index contributed by atoms with van der Waals surface area (Å²) in [5.74, 6) is 3.11. The molecule has 1 N–H and O–H groups in total. The summed E-state index contributed by atoms with van der Waals surface area (Å²) in [5, 5.41) is 4.48. The summed E-state index contributed by atoms with van der Waals surface area (Å²) in [6.07, 6.45) is 7.27. The quantitative estimate of drug-likeness (QED) is 0.597. The molecule has 1 unspecified atom stereocenters. The fourth-order valence-corrected chi connectivity index (χ4v) is 4.78. The van der Waals surface area contributed by atoms with Crippen LogP contribution in [0.5, 0.6) is 23.0 Å². The average molecular weight is 467 g/mol. The van der Waals surface area contributed by atoms with E-state index in [1.165, 1.54) is 11.1 Å². The van der Waals surface area contributed by atoms with Crippen molar-refractivity contribution < 1.29 is 18.9 Å². The van der Waals surface area contributed by atoms with Crippen LogP contribution in [0.1, 0.15) is 36.4 Å². The summed E-state index contributed by atoms with van der Waals surface area (Å²) in [7, 11) is 6.70. The monoisotopic (exact) mass is 466 g/mol. The van der Waals surface area contributed by atoms with Gasteiger partial charge < -0.3 is 24.3 Å². The van der Waals surface area contributed by atoms with Gasteiger partial charge >= 0.3 is 0 Å². The van der Waals surface area contributed by atoms with Gasteiger partial charge in [-0.2, -0.15) is 0 Å². The maximum atomic E-state index is 5.72. The van der Waals surface area contributed by atoms with Crippen molar-refractivity contribution in [3.63, 3.8) is 0 Å². The molecule has 2 aromatic carbocycles. The zero-order valence-corrected chi connectivity index (χ0v) is 20.5. The van der Waals surface area contributed by atoms with Gasteiger partial charge in [0.25, 0.3) is 0 Å². The van der Waals surface area contributed by atoms with Crippen LogP contribution < -0.4 is 24.3 Å². The highest BCUT2D eigenvalue weighted by molar-refractivity contribution is 8.13. The first-order valence-electron chi connectivity index (χ1n) is 10.9. The van der Waals surface area contributed by atoms with Gasteiger partial charge in [-0.3, -0.25) is 0 Å². The van der Waals surface area contributed by atoms with Gasteiger partial charge in [-0.1, -0.05) is 11.8 Å². The third kappa shape index (κ3) is 4.69. The minimum absolute atomic E-state index is 0.106. The number of hydrogen-bond donors (Lipinski definition) is 1. The van der Waals surface area contributed by atoms with E-state index in [0.717, 1.165) is 64.3 Å². The highest BCUT2D eigenvalue weighted by Crippen LogP contribution is 2.45. The summed E-state index contributed by atoms with van der Waals surface area (Å²) in [5.41, 5.74) is 5.75. The molecular formula is C26H30N2O4S. The Morgan fingerprint density at radius 3 is 2.27 bits per heavy atom. The lowest BCUT2D eigenvalue weighted by Gasteiger charge is -2.33. The average Bonchev–Trinajstić information content (AvgIpc) is 2.88. The second kappa shape index (κ2) is 10.3. The Hall–Kier alpha value is -3.06. The number of nitrogens with one attached hydrogen (secondary N) is 1. The lowest BCUT2D eigenvalue weighted by Crippen LogP contribution is -2.31. The second-order valence-corrected chi connectivity index (χ2v) is 8.60. The van der Waals surface area contributed by atoms with E-state index in [1.807, 2.05) is 36.6 Å². The van der Waals surface area contributed by atoms with Crippen molar-refractivity contribution in [2.24, 2.45) is 4.99 Å². The molecule has 0 aromatic heterocycles. The third-order valence-electron chi connectivity index (χ3n) is 6.04. The van der Waals surface area contributed by atoms with Crippen LogP contribution in [-0.4, -0.2) is 39.9 Å². The molecule has 2 aliphatic rings. The zero-order chi connectivity index (χ0) is 23.4. The lowest BCUT2D eigenvalue weighted by molar-refractivity contribution is 0.389. The number of rotatable bonds is 6. The van der Waals surface area contributed by atoms with Gasteiger partial charge in [0.05, 0.1) is 28.4 Å². The van der Waals surface area contributed by atoms with Crippen LogP contribution >= 0.6 is 11.8 Å². The van der Waals surface area contributed by atoms with Crippen molar-refractivity contribution in [1.29, 1.82) is 0 Å². The van der Waals surface area contributed by atoms with Gasteiger partial charge in [-0.25, -0.2) is 4.99 Å². The lowest BCUT2D eigenvalue weighted by atomic mass is 9.83. The molecule has 1 aliphatic heterocycles. The fraction of sp³-hybridized carbons (Fsp3) is 0.346. The first-order chi connectivity index (χ1) is 16.1. The van der Waals surface area contributed by atoms with Crippen LogP contribution in [0.2, 0.25) is 0 Å². The van der Waals surface area contributed by atoms with E-state index in [-0.39, 0.29) is 6.04 Å². The Bertz CT molecular complexity index is 1120. The van der Waals surface area contributed by atoms with Crippen LogP contribution in [-0.2, 0) is 0 Å². The number of aliphatic imine (C=N–C) groups is 1. The van der Waals surface area contributed by atoms with Crippen LogP contribution in [0.4, 0.5) is 0 Å². The highest BCUT2D eigenvalue weighted by Gasteiger charge is 2.31. The molecular weight excluding hydrogens is 436 g/mol. The van der Waals surface area contributed by atoms with Crippen molar-refractivity contribution in [3.05, 3.63) is 64.4 Å². The maximum Gasteiger partial charge on any atom is 0.161 e. The van der Waals surface area contributed by atoms with E-state index in [1.54, 1.807) is 40.2 Å². The van der Waals surface area contributed by atoms with Crippen LogP contribution in [0, 0.1) is 0 Å². The SMILES string of the molecule is COc1ccc(/C=C2\CCCC3=C2NC(SC)=NC3c2ccc(OC)cc2OC)c(OC)c1. The van der Waals surface area contributed by atoms with E-state index >= 15 is 0 Å². The Balaban J connectivity index is 1.81. The molecule has 0 radical (unpaired) electrons. The van der Waals surface area contributed by atoms with Crippen molar-refractivity contribution in [2.75, 3.05) is 34.7 Å². The molecule has 0 bridgehead atoms. The minimum atomic E-state index is -0.106. The number of nitrogens with zero attached hydrogens (tertiary/aromatic N) is 1. The van der Waals surface area contributed by atoms with Crippen molar-refractivity contribution >= 4 is 23.0 Å². The maximum absolute atomic E-state index is 5.72. The summed E-state index contributed by atoms with van der Waals surface area (Å²) < 4.78 is 22.1. The molecule has 33 heavy (non-hydrogen) atoms. The normalized spacial score (nSPS) is 18.9. The summed E-state index contributed by atoms with van der Waals surface area (Å²) >= 11 is 1.61. The van der Waals surface area contributed by atoms with E-state index in [9.17, 15) is 0 Å². The number of methoxy groups -OCH3 is 4. The van der Waals surface area contributed by atoms with Crippen LogP contribution in [0.3, 0.4) is 0 Å². The van der Waals surface area contributed by atoms with Gasteiger partial charge in [0.2, 0.25) is 0 Å². The summed E-state index contributed by atoms with van der Waals surface area (Å²) in [4.78, 5) is 5.04. The topological polar surface area (TPSA) is 61.3 Å². The van der Waals surface area contributed by atoms with Gasteiger partial charge in [0, 0.05) is 29.0 Å². The first-order valence-corrected chi connectivity index (χ1v) is 12.1. The molecule has 1 aliphatic carbocycles. The molecule has 7 heteroatoms. The highest BCUT2D eigenvalue weighted by atomic mass is 32.2. The Kier molecular flexibility index (Phi) is 7.18. The Labute approximate surface area is 199 Å². The van der Waals surface area contributed by atoms with Gasteiger partial charge in [0.15, 0.2) is 5.17 Å². The van der Waals surface area contributed by atoms with Crippen molar-refractivity contribution in [3.8, 4) is 23.0 Å². The number of thioether (sulfide) groups is 1. The van der Waals surface area contributed by atoms with E-state index in [2.05, 4.69) is 17.5 Å². The molecule has 1 heterocycles. The smallest absolute Gasteiger partial charge is 0.161 e. The number of hydrogen-bond acceptors (Lipinski definition) is 7. The summed E-state index contributed by atoms with van der Waals surface area (Å²) in [6.45, 7) is 0. The van der Waals surface area contributed by atoms with E-state index in [4.69, 9.17) is 23.9 Å². The van der Waals surface area contributed by atoms with Crippen LogP contribution in [0.25, 0.3) is 6.08 Å². The number of benzene rings is 2. The molecule has 6 nitrogen and oxygen atoms in total. The van der Waals surface area contributed by atoms with Crippen LogP contribution in [0.15, 0.2) is 58.2 Å². The number of ether oxygens (including phenoxy) is 4. The molecule has 0 saturated heterocycles. The molecule has 0 fully saturated rings. The van der Waals surface area contributed by atoms with Gasteiger partial charge in [-0.15, -0.1) is 0 Å². The van der Waals surface area contributed by atoms with Gasteiger partial charge in [0.1, 0.15) is 29.0 Å². The largest absolute Gasteiger partial charge is 0.497 e.